The highest BCUT2D eigenvalue weighted by Gasteiger charge is 2.13. The predicted octanol–water partition coefficient (Wildman–Crippen LogP) is 0.412. The Morgan fingerprint density at radius 3 is 2.61 bits per heavy atom. The van der Waals surface area contributed by atoms with Crippen LogP contribution in [0.15, 0.2) is 4.42 Å². The molecule has 0 saturated carbocycles. The highest BCUT2D eigenvalue weighted by molar-refractivity contribution is 5.88. The summed E-state index contributed by atoms with van der Waals surface area (Å²) in [4.78, 5) is 11.7. The maximum Gasteiger partial charge on any atom is 0.322 e. The normalized spacial score (nSPS) is 10.6. The number of nitrogen functional groups attached to an aromatic ring is 1. The summed E-state index contributed by atoms with van der Waals surface area (Å²) >= 11 is 0. The van der Waals surface area contributed by atoms with Crippen LogP contribution in [-0.2, 0) is 11.3 Å². The fraction of sp³-hybridized carbons (Fsp3) is 0.400. The molecule has 2 rings (SSSR count). The molecular formula is C10H14N6O2. The molecule has 0 aromatic carbocycles. The van der Waals surface area contributed by atoms with Crippen molar-refractivity contribution in [1.29, 1.82) is 0 Å². The molecule has 0 bridgehead atoms. The molecule has 18 heavy (non-hydrogen) atoms. The summed E-state index contributed by atoms with van der Waals surface area (Å²) in [6.07, 6.45) is 0. The van der Waals surface area contributed by atoms with Crippen molar-refractivity contribution in [3.8, 4) is 0 Å². The van der Waals surface area contributed by atoms with E-state index < -0.39 is 0 Å². The van der Waals surface area contributed by atoms with Gasteiger partial charge in [-0.25, -0.2) is 0 Å². The van der Waals surface area contributed by atoms with Crippen molar-refractivity contribution >= 4 is 17.6 Å². The van der Waals surface area contributed by atoms with Gasteiger partial charge in [0.15, 0.2) is 0 Å². The Balaban J connectivity index is 2.05. The van der Waals surface area contributed by atoms with Crippen LogP contribution in [0.4, 0.5) is 11.7 Å². The third-order valence-corrected chi connectivity index (χ3v) is 2.50. The summed E-state index contributed by atoms with van der Waals surface area (Å²) in [6.45, 7) is 5.28. The first kappa shape index (κ1) is 12.1. The van der Waals surface area contributed by atoms with Crippen LogP contribution in [0.3, 0.4) is 0 Å². The fourth-order valence-corrected chi connectivity index (χ4v) is 1.51. The number of amides is 1. The van der Waals surface area contributed by atoms with Crippen molar-refractivity contribution in [2.45, 2.75) is 27.3 Å². The molecule has 0 aliphatic rings. The molecule has 0 unspecified atom stereocenters. The number of hydrogen-bond acceptors (Lipinski definition) is 6. The average Bonchev–Trinajstić information content (AvgIpc) is 2.80. The zero-order valence-electron chi connectivity index (χ0n) is 10.4. The zero-order valence-corrected chi connectivity index (χ0v) is 10.4. The number of rotatable bonds is 3. The standard InChI is InChI=1S/C10H14N6O2/c1-5-9(11)6(2)16(15-5)4-8(17)12-10-14-13-7(3)18-10/h4,11H2,1-3H3,(H,12,14,17). The minimum absolute atomic E-state index is 0.0469. The van der Waals surface area contributed by atoms with E-state index >= 15 is 0 Å². The smallest absolute Gasteiger partial charge is 0.322 e. The molecule has 1 amide bonds. The number of carbonyl (C=O) groups is 1. The Kier molecular flexibility index (Phi) is 3.00. The molecule has 0 fully saturated rings. The van der Waals surface area contributed by atoms with Gasteiger partial charge in [-0.3, -0.25) is 14.8 Å². The van der Waals surface area contributed by atoms with E-state index in [2.05, 4.69) is 20.6 Å². The van der Waals surface area contributed by atoms with E-state index in [0.717, 1.165) is 5.69 Å². The van der Waals surface area contributed by atoms with E-state index in [1.54, 1.807) is 20.8 Å². The van der Waals surface area contributed by atoms with Gasteiger partial charge < -0.3 is 10.2 Å². The zero-order chi connectivity index (χ0) is 13.3. The van der Waals surface area contributed by atoms with Gasteiger partial charge in [-0.05, 0) is 13.8 Å². The monoisotopic (exact) mass is 250 g/mol. The molecule has 0 radical (unpaired) electrons. The molecule has 8 heteroatoms. The summed E-state index contributed by atoms with van der Waals surface area (Å²) in [5, 5.41) is 13.9. The number of aromatic nitrogens is 4. The van der Waals surface area contributed by atoms with Crippen LogP contribution in [0, 0.1) is 20.8 Å². The molecule has 0 atom stereocenters. The molecule has 2 aromatic heterocycles. The third-order valence-electron chi connectivity index (χ3n) is 2.50. The van der Waals surface area contributed by atoms with E-state index in [0.29, 0.717) is 17.3 Å². The quantitative estimate of drug-likeness (QED) is 0.816. The number of hydrogen-bond donors (Lipinski definition) is 2. The molecule has 0 saturated heterocycles. The maximum absolute atomic E-state index is 11.7. The minimum Gasteiger partial charge on any atom is -0.408 e. The lowest BCUT2D eigenvalue weighted by molar-refractivity contribution is -0.117. The van der Waals surface area contributed by atoms with Gasteiger partial charge in [-0.1, -0.05) is 5.10 Å². The number of aryl methyl sites for hydroxylation is 2. The van der Waals surface area contributed by atoms with E-state index in [4.69, 9.17) is 10.2 Å². The van der Waals surface area contributed by atoms with Crippen molar-refractivity contribution in [2.24, 2.45) is 0 Å². The van der Waals surface area contributed by atoms with Crippen molar-refractivity contribution < 1.29 is 9.21 Å². The Labute approximate surface area is 103 Å². The molecule has 96 valence electrons. The number of carbonyl (C=O) groups excluding carboxylic acids is 1. The van der Waals surface area contributed by atoms with Gasteiger partial charge in [0.1, 0.15) is 6.54 Å². The van der Waals surface area contributed by atoms with Crippen molar-refractivity contribution in [2.75, 3.05) is 11.1 Å². The van der Waals surface area contributed by atoms with E-state index in [1.807, 2.05) is 0 Å². The Hall–Kier alpha value is -2.38. The van der Waals surface area contributed by atoms with Crippen LogP contribution in [0.25, 0.3) is 0 Å². The minimum atomic E-state index is -0.302. The molecule has 3 N–H and O–H groups in total. The first-order valence-electron chi connectivity index (χ1n) is 5.37. The van der Waals surface area contributed by atoms with E-state index in [9.17, 15) is 4.79 Å². The molecule has 0 spiro atoms. The maximum atomic E-state index is 11.7. The second-order valence-electron chi connectivity index (χ2n) is 3.92. The molecular weight excluding hydrogens is 236 g/mol. The Morgan fingerprint density at radius 2 is 2.11 bits per heavy atom. The van der Waals surface area contributed by atoms with Crippen molar-refractivity contribution in [1.82, 2.24) is 20.0 Å². The lowest BCUT2D eigenvalue weighted by Gasteiger charge is -2.03. The van der Waals surface area contributed by atoms with Crippen LogP contribution >= 0.6 is 0 Å². The Morgan fingerprint density at radius 1 is 1.39 bits per heavy atom. The summed E-state index contributed by atoms with van der Waals surface area (Å²) in [7, 11) is 0. The van der Waals surface area contributed by atoms with Crippen molar-refractivity contribution in [3.63, 3.8) is 0 Å². The summed E-state index contributed by atoms with van der Waals surface area (Å²) in [5.74, 6) is 0.0879. The number of anilines is 2. The molecule has 0 aliphatic carbocycles. The van der Waals surface area contributed by atoms with Gasteiger partial charge in [-0.15, -0.1) is 5.10 Å². The highest BCUT2D eigenvalue weighted by Crippen LogP contribution is 2.14. The second kappa shape index (κ2) is 4.47. The van der Waals surface area contributed by atoms with Gasteiger partial charge in [0.25, 0.3) is 0 Å². The predicted molar refractivity (Wildman–Crippen MR) is 63.8 cm³/mol. The molecule has 0 aliphatic heterocycles. The van der Waals surface area contributed by atoms with Gasteiger partial charge in [0.2, 0.25) is 11.8 Å². The van der Waals surface area contributed by atoms with Gasteiger partial charge in [0, 0.05) is 6.92 Å². The number of nitrogens with two attached hydrogens (primary N) is 1. The third kappa shape index (κ3) is 2.31. The SMILES string of the molecule is Cc1nnc(NC(=O)Cn2nc(C)c(N)c2C)o1. The van der Waals surface area contributed by atoms with Crippen LogP contribution in [-0.4, -0.2) is 25.9 Å². The van der Waals surface area contributed by atoms with Crippen LogP contribution < -0.4 is 11.1 Å². The fourth-order valence-electron chi connectivity index (χ4n) is 1.51. The lowest BCUT2D eigenvalue weighted by Crippen LogP contribution is -2.20. The van der Waals surface area contributed by atoms with E-state index in [-0.39, 0.29) is 18.5 Å². The number of nitrogens with zero attached hydrogens (tertiary/aromatic N) is 4. The van der Waals surface area contributed by atoms with Gasteiger partial charge >= 0.3 is 6.01 Å². The first-order chi connectivity index (χ1) is 8.47. The van der Waals surface area contributed by atoms with Gasteiger partial charge in [0.05, 0.1) is 17.1 Å². The number of nitrogens with one attached hydrogen (secondary N) is 1. The highest BCUT2D eigenvalue weighted by atomic mass is 16.4. The lowest BCUT2D eigenvalue weighted by atomic mass is 10.3. The molecule has 2 aromatic rings. The summed E-state index contributed by atoms with van der Waals surface area (Å²) in [6, 6.07) is 0.0759. The molecule has 2 heterocycles. The first-order valence-corrected chi connectivity index (χ1v) is 5.37. The largest absolute Gasteiger partial charge is 0.408 e. The summed E-state index contributed by atoms with van der Waals surface area (Å²) in [5.41, 5.74) is 7.83. The van der Waals surface area contributed by atoms with Gasteiger partial charge in [-0.2, -0.15) is 5.10 Å². The van der Waals surface area contributed by atoms with Crippen LogP contribution in [0.1, 0.15) is 17.3 Å². The topological polar surface area (TPSA) is 112 Å². The van der Waals surface area contributed by atoms with Crippen LogP contribution in [0.2, 0.25) is 0 Å². The van der Waals surface area contributed by atoms with E-state index in [1.165, 1.54) is 4.68 Å². The van der Waals surface area contributed by atoms with Crippen LogP contribution in [0.5, 0.6) is 0 Å². The average molecular weight is 250 g/mol. The Bertz CT molecular complexity index is 585. The molecule has 8 nitrogen and oxygen atoms in total. The second-order valence-corrected chi connectivity index (χ2v) is 3.92. The van der Waals surface area contributed by atoms with Crippen molar-refractivity contribution in [3.05, 3.63) is 17.3 Å². The summed E-state index contributed by atoms with van der Waals surface area (Å²) < 4.78 is 6.57.